The van der Waals surface area contributed by atoms with Gasteiger partial charge in [-0.05, 0) is 60.0 Å². The summed E-state index contributed by atoms with van der Waals surface area (Å²) in [6, 6.07) is 9.35. The lowest BCUT2D eigenvalue weighted by molar-refractivity contribution is -0.394. The van der Waals surface area contributed by atoms with Gasteiger partial charge < -0.3 is 10.5 Å². The van der Waals surface area contributed by atoms with E-state index in [1.807, 2.05) is 0 Å². The van der Waals surface area contributed by atoms with E-state index in [1.165, 1.54) is 18.3 Å². The molecule has 5 rings (SSSR count). The number of rotatable bonds is 10. The number of nitro groups is 2. The van der Waals surface area contributed by atoms with E-state index in [0.717, 1.165) is 48.8 Å². The lowest BCUT2D eigenvalue weighted by Gasteiger charge is -2.13. The molecule has 2 aromatic carbocycles. The number of anilines is 1. The van der Waals surface area contributed by atoms with Crippen molar-refractivity contribution in [2.24, 2.45) is 5.10 Å². The van der Waals surface area contributed by atoms with Gasteiger partial charge in [0, 0.05) is 12.6 Å². The highest BCUT2D eigenvalue weighted by atomic mass is 16.6. The highest BCUT2D eigenvalue weighted by Gasteiger charge is 2.27. The van der Waals surface area contributed by atoms with Crippen LogP contribution < -0.4 is 15.9 Å². The van der Waals surface area contributed by atoms with Gasteiger partial charge in [-0.25, -0.2) is 10.1 Å². The number of likely N-dealkylation sites (tertiary alicyclic amines) is 1. The van der Waals surface area contributed by atoms with Gasteiger partial charge in [-0.3, -0.25) is 29.9 Å². The molecule has 1 saturated heterocycles. The van der Waals surface area contributed by atoms with Gasteiger partial charge in [0.2, 0.25) is 17.4 Å². The number of carbonyl (C=O) groups is 1. The number of aromatic nitrogens is 5. The Balaban J connectivity index is 1.33. The Morgan fingerprint density at radius 1 is 1.15 bits per heavy atom. The van der Waals surface area contributed by atoms with Gasteiger partial charge in [-0.1, -0.05) is 17.3 Å². The van der Waals surface area contributed by atoms with Gasteiger partial charge in [0.25, 0.3) is 11.6 Å². The summed E-state index contributed by atoms with van der Waals surface area (Å²) < 4.78 is 11.4. The third kappa shape index (κ3) is 5.96. The van der Waals surface area contributed by atoms with E-state index in [0.29, 0.717) is 17.8 Å². The maximum absolute atomic E-state index is 13.2. The zero-order chi connectivity index (χ0) is 28.9. The number of hydrazone groups is 1. The molecule has 0 spiro atoms. The lowest BCUT2D eigenvalue weighted by atomic mass is 10.2. The minimum atomic E-state index is -0.774. The number of nitrogens with zero attached hydrogens (tertiary/aromatic N) is 9. The molecule has 1 aliphatic heterocycles. The molecule has 2 aromatic heterocycles. The molecule has 0 saturated carbocycles. The first-order valence-corrected chi connectivity index (χ1v) is 12.1. The zero-order valence-corrected chi connectivity index (χ0v) is 21.1. The van der Waals surface area contributed by atoms with Crippen molar-refractivity contribution in [1.29, 1.82) is 0 Å². The molecule has 210 valence electrons. The molecule has 0 unspecified atom stereocenters. The van der Waals surface area contributed by atoms with Gasteiger partial charge in [0.05, 0.1) is 22.1 Å². The molecule has 18 heteroatoms. The number of carbonyl (C=O) groups excluding carboxylic acids is 1. The first-order valence-electron chi connectivity index (χ1n) is 12.1. The Morgan fingerprint density at radius 2 is 1.95 bits per heavy atom. The normalized spacial score (nSPS) is 13.5. The third-order valence-corrected chi connectivity index (χ3v) is 6.04. The number of hydrogen-bond acceptors (Lipinski definition) is 14. The van der Waals surface area contributed by atoms with Gasteiger partial charge >= 0.3 is 5.69 Å². The number of hydrogen-bond donors (Lipinski definition) is 2. The topological polar surface area (TPSA) is 236 Å². The molecule has 1 aliphatic rings. The number of amides is 1. The minimum absolute atomic E-state index is 0.00416. The van der Waals surface area contributed by atoms with Crippen LogP contribution in [0.4, 0.5) is 17.2 Å². The summed E-state index contributed by atoms with van der Waals surface area (Å²) in [6.07, 6.45) is 3.41. The van der Waals surface area contributed by atoms with Gasteiger partial charge in [-0.2, -0.15) is 9.78 Å². The molecule has 1 amide bonds. The summed E-state index contributed by atoms with van der Waals surface area (Å²) >= 11 is 0. The molecule has 41 heavy (non-hydrogen) atoms. The Morgan fingerprint density at radius 3 is 2.66 bits per heavy atom. The van der Waals surface area contributed by atoms with Crippen LogP contribution in [0.1, 0.15) is 34.6 Å². The van der Waals surface area contributed by atoms with Crippen molar-refractivity contribution in [3.05, 3.63) is 79.6 Å². The van der Waals surface area contributed by atoms with Crippen LogP contribution in [0, 0.1) is 20.2 Å². The molecule has 1 fully saturated rings. The molecule has 0 radical (unpaired) electrons. The molecule has 0 aliphatic carbocycles. The van der Waals surface area contributed by atoms with Gasteiger partial charge in [-0.15, -0.1) is 5.10 Å². The van der Waals surface area contributed by atoms with E-state index in [2.05, 4.69) is 40.7 Å². The SMILES string of the molecule is Nc1nonc1-n1nnc(CN2CCCC2)c1C(=O)N/N=C\c1cccc(Oc2ccc([N+](=O)[O-])cc2[N+](=O)[O-])c1. The van der Waals surface area contributed by atoms with Crippen molar-refractivity contribution < 1.29 is 24.0 Å². The number of nitrogen functional groups attached to an aromatic ring is 1. The maximum Gasteiger partial charge on any atom is 0.318 e. The van der Waals surface area contributed by atoms with Crippen LogP contribution in [0.2, 0.25) is 0 Å². The number of non-ortho nitro benzene ring substituents is 1. The predicted octanol–water partition coefficient (Wildman–Crippen LogP) is 2.20. The molecule has 3 N–H and O–H groups in total. The number of nitrogens with one attached hydrogen (secondary N) is 1. The predicted molar refractivity (Wildman–Crippen MR) is 139 cm³/mol. The molecule has 18 nitrogen and oxygen atoms in total. The summed E-state index contributed by atoms with van der Waals surface area (Å²) in [6.45, 7) is 2.11. The second-order valence-electron chi connectivity index (χ2n) is 8.79. The van der Waals surface area contributed by atoms with Crippen LogP contribution in [0.3, 0.4) is 0 Å². The van der Waals surface area contributed by atoms with Crippen molar-refractivity contribution in [3.8, 4) is 17.3 Å². The first kappa shape index (κ1) is 26.8. The second kappa shape index (κ2) is 11.5. The molecule has 0 bridgehead atoms. The first-order chi connectivity index (χ1) is 19.8. The number of ether oxygens (including phenoxy) is 1. The van der Waals surface area contributed by atoms with Crippen molar-refractivity contribution in [1.82, 2.24) is 35.6 Å². The fraction of sp³-hybridized carbons (Fsp3) is 0.217. The van der Waals surface area contributed by atoms with Crippen LogP contribution in [-0.2, 0) is 6.54 Å². The number of nitrogens with two attached hydrogens (primary N) is 1. The number of nitro benzene ring substituents is 2. The van der Waals surface area contributed by atoms with E-state index >= 15 is 0 Å². The van der Waals surface area contributed by atoms with Gasteiger partial charge in [0.1, 0.15) is 11.4 Å². The Hall–Kier alpha value is -5.78. The van der Waals surface area contributed by atoms with Crippen LogP contribution in [-0.4, -0.2) is 65.3 Å². The molecular weight excluding hydrogens is 542 g/mol. The quantitative estimate of drug-likeness (QED) is 0.160. The van der Waals surface area contributed by atoms with Crippen LogP contribution in [0.5, 0.6) is 11.5 Å². The standard InChI is InChI=1S/C23H21N11O7/c24-21-22(29-41-28-21)32-20(17(26-30-32)13-31-8-1-2-9-31)23(35)27-25-12-14-4-3-5-16(10-14)40-19-7-6-15(33(36)37)11-18(19)34(38)39/h3-7,10-12H,1-2,8-9,13H2,(H2,24,28)(H,27,35)/b25-12-. The Bertz CT molecular complexity index is 1640. The fourth-order valence-corrected chi connectivity index (χ4v) is 4.14. The zero-order valence-electron chi connectivity index (χ0n) is 21.1. The van der Waals surface area contributed by atoms with Crippen molar-refractivity contribution in [2.75, 3.05) is 18.8 Å². The van der Waals surface area contributed by atoms with Crippen LogP contribution in [0.15, 0.2) is 52.2 Å². The molecule has 0 atom stereocenters. The lowest BCUT2D eigenvalue weighted by Crippen LogP contribution is -2.26. The summed E-state index contributed by atoms with van der Waals surface area (Å²) in [5, 5.41) is 41.8. The Kier molecular flexibility index (Phi) is 7.54. The van der Waals surface area contributed by atoms with E-state index < -0.39 is 27.1 Å². The van der Waals surface area contributed by atoms with E-state index in [4.69, 9.17) is 10.5 Å². The smallest absolute Gasteiger partial charge is 0.318 e. The van der Waals surface area contributed by atoms with Crippen molar-refractivity contribution in [3.63, 3.8) is 0 Å². The summed E-state index contributed by atoms with van der Waals surface area (Å²) in [4.78, 5) is 36.2. The van der Waals surface area contributed by atoms with Crippen LogP contribution in [0.25, 0.3) is 5.82 Å². The summed E-state index contributed by atoms with van der Waals surface area (Å²) in [7, 11) is 0. The fourth-order valence-electron chi connectivity index (χ4n) is 4.14. The molecular formula is C23H21N11O7. The summed E-state index contributed by atoms with van der Waals surface area (Å²) in [5.41, 5.74) is 8.14. The average Bonchev–Trinajstić information content (AvgIpc) is 3.71. The van der Waals surface area contributed by atoms with Gasteiger partial charge in [0.15, 0.2) is 5.69 Å². The van der Waals surface area contributed by atoms with E-state index in [-0.39, 0.29) is 28.8 Å². The minimum Gasteiger partial charge on any atom is -0.450 e. The van der Waals surface area contributed by atoms with Crippen LogP contribution >= 0.6 is 0 Å². The van der Waals surface area contributed by atoms with E-state index in [9.17, 15) is 25.0 Å². The highest BCUT2D eigenvalue weighted by molar-refractivity contribution is 5.95. The van der Waals surface area contributed by atoms with Crippen molar-refractivity contribution in [2.45, 2.75) is 19.4 Å². The summed E-state index contributed by atoms with van der Waals surface area (Å²) in [5.74, 6) is -0.705. The van der Waals surface area contributed by atoms with E-state index in [1.54, 1.807) is 12.1 Å². The largest absolute Gasteiger partial charge is 0.450 e. The van der Waals surface area contributed by atoms with Crippen molar-refractivity contribution >= 4 is 29.3 Å². The monoisotopic (exact) mass is 563 g/mol. The molecule has 4 aromatic rings. The second-order valence-corrected chi connectivity index (χ2v) is 8.79. The maximum atomic E-state index is 13.2. The molecule has 3 heterocycles. The Labute approximate surface area is 229 Å². The average molecular weight is 563 g/mol. The third-order valence-electron chi connectivity index (χ3n) is 6.04. The highest BCUT2D eigenvalue weighted by Crippen LogP contribution is 2.34. The number of benzene rings is 2.